The van der Waals surface area contributed by atoms with E-state index < -0.39 is 0 Å². The molecule has 1 fully saturated rings. The van der Waals surface area contributed by atoms with Gasteiger partial charge in [-0.3, -0.25) is 0 Å². The zero-order valence-corrected chi connectivity index (χ0v) is 11.2. The van der Waals surface area contributed by atoms with E-state index in [0.717, 1.165) is 18.9 Å². The Bertz CT molecular complexity index is 346. The lowest BCUT2D eigenvalue weighted by Gasteiger charge is -2.34. The number of hydrogen-bond acceptors (Lipinski definition) is 3. The maximum absolute atomic E-state index is 4.29. The first kappa shape index (κ1) is 12.6. The topological polar surface area (TPSA) is 42.7 Å². The summed E-state index contributed by atoms with van der Waals surface area (Å²) in [6, 6.07) is 0.657. The molecule has 1 saturated carbocycles. The van der Waals surface area contributed by atoms with Gasteiger partial charge in [-0.15, -0.1) is 0 Å². The fourth-order valence-corrected chi connectivity index (χ4v) is 2.53. The molecule has 96 valence electrons. The lowest BCUT2D eigenvalue weighted by Crippen LogP contribution is -2.35. The quantitative estimate of drug-likeness (QED) is 0.872. The molecule has 1 aliphatic rings. The van der Waals surface area contributed by atoms with Crippen LogP contribution in [0.15, 0.2) is 6.33 Å². The van der Waals surface area contributed by atoms with Crippen LogP contribution in [0, 0.1) is 5.41 Å². The Balaban J connectivity index is 1.80. The average molecular weight is 236 g/mol. The van der Waals surface area contributed by atoms with Crippen molar-refractivity contribution in [1.29, 1.82) is 0 Å². The molecule has 4 heteroatoms. The molecular formula is C13H24N4. The zero-order chi connectivity index (χ0) is 12.3. The number of nitrogens with one attached hydrogen (secondary N) is 1. The van der Waals surface area contributed by atoms with Crippen LogP contribution >= 0.6 is 0 Å². The molecule has 0 aliphatic heterocycles. The molecule has 1 heterocycles. The first-order valence-corrected chi connectivity index (χ1v) is 6.71. The van der Waals surface area contributed by atoms with Crippen molar-refractivity contribution in [1.82, 2.24) is 20.1 Å². The fraction of sp³-hybridized carbons (Fsp3) is 0.846. The van der Waals surface area contributed by atoms with E-state index in [1.54, 1.807) is 6.33 Å². The van der Waals surface area contributed by atoms with Gasteiger partial charge in [0.05, 0.1) is 6.54 Å². The van der Waals surface area contributed by atoms with Crippen LogP contribution in [-0.2, 0) is 13.1 Å². The maximum atomic E-state index is 4.29. The fourth-order valence-electron chi connectivity index (χ4n) is 2.53. The van der Waals surface area contributed by atoms with Crippen LogP contribution in [0.1, 0.15) is 52.3 Å². The highest BCUT2D eigenvalue weighted by Crippen LogP contribution is 2.34. The van der Waals surface area contributed by atoms with Crippen molar-refractivity contribution in [2.24, 2.45) is 5.41 Å². The number of nitrogens with zero attached hydrogens (tertiary/aromatic N) is 3. The van der Waals surface area contributed by atoms with Crippen LogP contribution in [0.2, 0.25) is 0 Å². The van der Waals surface area contributed by atoms with Crippen molar-refractivity contribution in [3.8, 4) is 0 Å². The van der Waals surface area contributed by atoms with Gasteiger partial charge < -0.3 is 5.32 Å². The van der Waals surface area contributed by atoms with Gasteiger partial charge in [0, 0.05) is 12.6 Å². The van der Waals surface area contributed by atoms with E-state index >= 15 is 0 Å². The molecule has 1 aliphatic carbocycles. The van der Waals surface area contributed by atoms with E-state index in [0.29, 0.717) is 11.5 Å². The summed E-state index contributed by atoms with van der Waals surface area (Å²) in [4.78, 5) is 4.29. The van der Waals surface area contributed by atoms with Gasteiger partial charge >= 0.3 is 0 Å². The maximum Gasteiger partial charge on any atom is 0.140 e. The second-order valence-corrected chi connectivity index (χ2v) is 5.81. The van der Waals surface area contributed by atoms with Gasteiger partial charge in [-0.25, -0.2) is 9.67 Å². The summed E-state index contributed by atoms with van der Waals surface area (Å²) >= 11 is 0. The van der Waals surface area contributed by atoms with Crippen LogP contribution in [0.4, 0.5) is 0 Å². The van der Waals surface area contributed by atoms with Crippen molar-refractivity contribution in [2.45, 2.75) is 65.6 Å². The smallest absolute Gasteiger partial charge is 0.140 e. The van der Waals surface area contributed by atoms with Gasteiger partial charge in [-0.05, 0) is 38.0 Å². The minimum atomic E-state index is 0.543. The highest BCUT2D eigenvalue weighted by molar-refractivity contribution is 4.87. The number of hydrogen-bond donors (Lipinski definition) is 1. The van der Waals surface area contributed by atoms with Crippen molar-refractivity contribution >= 4 is 0 Å². The van der Waals surface area contributed by atoms with Crippen LogP contribution in [-0.4, -0.2) is 20.8 Å². The average Bonchev–Trinajstić information content (AvgIpc) is 2.75. The summed E-state index contributed by atoms with van der Waals surface area (Å²) in [6.45, 7) is 8.59. The lowest BCUT2D eigenvalue weighted by atomic mass is 9.75. The SMILES string of the molecule is CCn1ncnc1CNC1CCC(C)(C)CC1. The van der Waals surface area contributed by atoms with E-state index in [4.69, 9.17) is 0 Å². The van der Waals surface area contributed by atoms with Crippen LogP contribution in [0.5, 0.6) is 0 Å². The van der Waals surface area contributed by atoms with E-state index in [-0.39, 0.29) is 0 Å². The molecule has 4 nitrogen and oxygen atoms in total. The zero-order valence-electron chi connectivity index (χ0n) is 11.2. The molecule has 1 N–H and O–H groups in total. The van der Waals surface area contributed by atoms with Crippen molar-refractivity contribution in [3.05, 3.63) is 12.2 Å². The monoisotopic (exact) mass is 236 g/mol. The number of aromatic nitrogens is 3. The third kappa shape index (κ3) is 3.28. The Hall–Kier alpha value is -0.900. The highest BCUT2D eigenvalue weighted by atomic mass is 15.3. The predicted molar refractivity (Wildman–Crippen MR) is 68.6 cm³/mol. The molecule has 0 spiro atoms. The minimum Gasteiger partial charge on any atom is -0.307 e. The minimum absolute atomic E-state index is 0.543. The van der Waals surface area contributed by atoms with E-state index in [1.165, 1.54) is 25.7 Å². The van der Waals surface area contributed by atoms with Crippen LogP contribution in [0.25, 0.3) is 0 Å². The summed E-state index contributed by atoms with van der Waals surface area (Å²) in [7, 11) is 0. The van der Waals surface area contributed by atoms with Crippen molar-refractivity contribution < 1.29 is 0 Å². The molecule has 0 atom stereocenters. The van der Waals surface area contributed by atoms with E-state index in [1.807, 2.05) is 4.68 Å². The summed E-state index contributed by atoms with van der Waals surface area (Å²) in [5, 5.41) is 7.80. The molecule has 1 aromatic heterocycles. The second kappa shape index (κ2) is 5.17. The summed E-state index contributed by atoms with van der Waals surface area (Å²) in [5.41, 5.74) is 0.543. The van der Waals surface area contributed by atoms with Gasteiger partial charge in [0.2, 0.25) is 0 Å². The van der Waals surface area contributed by atoms with Gasteiger partial charge in [0.1, 0.15) is 12.2 Å². The molecular weight excluding hydrogens is 212 g/mol. The van der Waals surface area contributed by atoms with Gasteiger partial charge in [-0.2, -0.15) is 5.10 Å². The molecule has 0 radical (unpaired) electrons. The Morgan fingerprint density at radius 2 is 2.12 bits per heavy atom. The second-order valence-electron chi connectivity index (χ2n) is 5.81. The molecule has 0 aromatic carbocycles. The first-order chi connectivity index (χ1) is 8.11. The Morgan fingerprint density at radius 1 is 1.41 bits per heavy atom. The first-order valence-electron chi connectivity index (χ1n) is 6.71. The summed E-state index contributed by atoms with van der Waals surface area (Å²) in [6.07, 6.45) is 6.86. The molecule has 0 saturated heterocycles. The van der Waals surface area contributed by atoms with Gasteiger partial charge in [0.15, 0.2) is 0 Å². The van der Waals surface area contributed by atoms with Gasteiger partial charge in [0.25, 0.3) is 0 Å². The standard InChI is InChI=1S/C13H24N4/c1-4-17-12(15-10-16-17)9-14-11-5-7-13(2,3)8-6-11/h10-11,14H,4-9H2,1-3H3. The highest BCUT2D eigenvalue weighted by Gasteiger charge is 2.26. The molecule has 0 bridgehead atoms. The van der Waals surface area contributed by atoms with Gasteiger partial charge in [-0.1, -0.05) is 13.8 Å². The molecule has 2 rings (SSSR count). The number of aryl methyl sites for hydroxylation is 1. The Kier molecular flexibility index (Phi) is 3.82. The van der Waals surface area contributed by atoms with E-state index in [2.05, 4.69) is 36.2 Å². The van der Waals surface area contributed by atoms with Crippen LogP contribution < -0.4 is 5.32 Å². The Morgan fingerprint density at radius 3 is 2.76 bits per heavy atom. The predicted octanol–water partition coefficient (Wildman–Crippen LogP) is 2.36. The third-order valence-corrected chi connectivity index (χ3v) is 3.88. The molecule has 0 unspecified atom stereocenters. The summed E-state index contributed by atoms with van der Waals surface area (Å²) < 4.78 is 1.96. The largest absolute Gasteiger partial charge is 0.307 e. The number of rotatable bonds is 4. The normalized spacial score (nSPS) is 20.6. The molecule has 17 heavy (non-hydrogen) atoms. The molecule has 0 amide bonds. The van der Waals surface area contributed by atoms with Crippen molar-refractivity contribution in [2.75, 3.05) is 0 Å². The molecule has 1 aromatic rings. The van der Waals surface area contributed by atoms with E-state index in [9.17, 15) is 0 Å². The summed E-state index contributed by atoms with van der Waals surface area (Å²) in [5.74, 6) is 1.05. The van der Waals surface area contributed by atoms with Crippen LogP contribution in [0.3, 0.4) is 0 Å². The lowest BCUT2D eigenvalue weighted by molar-refractivity contribution is 0.205. The third-order valence-electron chi connectivity index (χ3n) is 3.88. The Labute approximate surface area is 104 Å². The van der Waals surface area contributed by atoms with Crippen molar-refractivity contribution in [3.63, 3.8) is 0 Å².